The highest BCUT2D eigenvalue weighted by Crippen LogP contribution is 2.36. The number of carboxylic acids is 1. The number of carbonyl (C=O) groups is 2. The second kappa shape index (κ2) is 6.72. The lowest BCUT2D eigenvalue weighted by Gasteiger charge is -2.14. The zero-order valence-corrected chi connectivity index (χ0v) is 14.3. The molecule has 21 heavy (non-hydrogen) atoms. The first-order chi connectivity index (χ1) is 9.90. The van der Waals surface area contributed by atoms with Gasteiger partial charge >= 0.3 is 0 Å². The molecule has 1 heterocycles. The molecule has 0 bridgehead atoms. The first-order valence-corrected chi connectivity index (χ1v) is 8.12. The normalized spacial score (nSPS) is 17.3. The summed E-state index contributed by atoms with van der Waals surface area (Å²) in [4.78, 5) is 24.7. The summed E-state index contributed by atoms with van der Waals surface area (Å²) in [7, 11) is 0. The van der Waals surface area contributed by atoms with E-state index < -0.39 is 5.97 Å². The second-order valence-electron chi connectivity index (χ2n) is 4.41. The molecule has 0 spiro atoms. The van der Waals surface area contributed by atoms with Crippen LogP contribution in [0.4, 0.5) is 0 Å². The summed E-state index contributed by atoms with van der Waals surface area (Å²) in [5.74, 6) is -1.44. The fourth-order valence-corrected chi connectivity index (χ4v) is 3.47. The number of rotatable bonds is 4. The Bertz CT molecular complexity index is 640. The van der Waals surface area contributed by atoms with Crippen molar-refractivity contribution >= 4 is 61.7 Å². The van der Waals surface area contributed by atoms with Gasteiger partial charge in [-0.05, 0) is 30.2 Å². The summed E-state index contributed by atoms with van der Waals surface area (Å²) in [5.41, 5.74) is 1.76. The Kier molecular flexibility index (Phi) is 5.18. The Hall–Kier alpha value is -1.18. The minimum Gasteiger partial charge on any atom is -0.550 e. The van der Waals surface area contributed by atoms with Gasteiger partial charge in [-0.1, -0.05) is 52.0 Å². The van der Waals surface area contributed by atoms with Crippen LogP contribution < -0.4 is 5.11 Å². The largest absolute Gasteiger partial charge is 0.550 e. The summed E-state index contributed by atoms with van der Waals surface area (Å²) in [5, 5.41) is 10.5. The number of hydrogen-bond acceptors (Lipinski definition) is 5. The van der Waals surface area contributed by atoms with E-state index >= 15 is 0 Å². The van der Waals surface area contributed by atoms with Crippen molar-refractivity contribution in [2.75, 3.05) is 6.54 Å². The smallest absolute Gasteiger partial charge is 0.266 e. The van der Waals surface area contributed by atoms with Crippen molar-refractivity contribution in [3.05, 3.63) is 39.2 Å². The van der Waals surface area contributed by atoms with Crippen molar-refractivity contribution in [3.63, 3.8) is 0 Å². The van der Waals surface area contributed by atoms with Crippen molar-refractivity contribution in [2.24, 2.45) is 0 Å². The first-order valence-electron chi connectivity index (χ1n) is 6.10. The van der Waals surface area contributed by atoms with Gasteiger partial charge in [-0.2, -0.15) is 0 Å². The summed E-state index contributed by atoms with van der Waals surface area (Å²) in [6, 6.07) is 7.62. The molecule has 4 nitrogen and oxygen atoms in total. The molecule has 1 saturated heterocycles. The molecule has 110 valence electrons. The van der Waals surface area contributed by atoms with E-state index in [1.807, 2.05) is 31.2 Å². The van der Waals surface area contributed by atoms with Gasteiger partial charge in [-0.25, -0.2) is 0 Å². The van der Waals surface area contributed by atoms with Gasteiger partial charge in [0, 0.05) is 23.4 Å². The van der Waals surface area contributed by atoms with Crippen LogP contribution in [0.5, 0.6) is 0 Å². The van der Waals surface area contributed by atoms with Gasteiger partial charge in [0.1, 0.15) is 4.32 Å². The van der Waals surface area contributed by atoms with Crippen LogP contribution in [0, 0.1) is 0 Å². The fraction of sp³-hybridized carbons (Fsp3) is 0.214. The van der Waals surface area contributed by atoms with E-state index in [1.54, 1.807) is 0 Å². The third-order valence-electron chi connectivity index (χ3n) is 3.01. The molecule has 1 aliphatic rings. The highest BCUT2D eigenvalue weighted by Gasteiger charge is 2.33. The molecule has 7 heteroatoms. The monoisotopic (exact) mass is 384 g/mol. The minimum absolute atomic E-state index is 0.0458. The molecule has 0 aromatic heterocycles. The van der Waals surface area contributed by atoms with Gasteiger partial charge in [-0.15, -0.1) is 0 Å². The van der Waals surface area contributed by atoms with E-state index in [-0.39, 0.29) is 18.9 Å². The number of halogens is 1. The zero-order valence-electron chi connectivity index (χ0n) is 11.1. The highest BCUT2D eigenvalue weighted by molar-refractivity contribution is 9.10. The van der Waals surface area contributed by atoms with E-state index in [1.165, 1.54) is 16.7 Å². The molecule has 1 aliphatic heterocycles. The predicted octanol–water partition coefficient (Wildman–Crippen LogP) is 2.18. The maximum Gasteiger partial charge on any atom is 0.266 e. The van der Waals surface area contributed by atoms with Crippen molar-refractivity contribution < 1.29 is 14.7 Å². The van der Waals surface area contributed by atoms with Crippen molar-refractivity contribution in [2.45, 2.75) is 13.3 Å². The number of benzene rings is 1. The third kappa shape index (κ3) is 3.72. The lowest BCUT2D eigenvalue weighted by atomic mass is 10.1. The van der Waals surface area contributed by atoms with Crippen molar-refractivity contribution in [1.82, 2.24) is 4.90 Å². The van der Waals surface area contributed by atoms with Gasteiger partial charge < -0.3 is 9.90 Å². The quantitative estimate of drug-likeness (QED) is 0.588. The molecular formula is C14H11BrNO3S2-. The average molecular weight is 385 g/mol. The number of nitrogens with zero attached hydrogens (tertiary/aromatic N) is 1. The number of carboxylic acid groups (broad SMARTS) is 1. The number of allylic oxidation sites excluding steroid dienone is 1. The zero-order chi connectivity index (χ0) is 15.6. The van der Waals surface area contributed by atoms with Crippen LogP contribution in [-0.4, -0.2) is 27.6 Å². The van der Waals surface area contributed by atoms with E-state index in [0.29, 0.717) is 9.23 Å². The number of thiocarbonyl (C=S) groups is 1. The lowest BCUT2D eigenvalue weighted by molar-refractivity contribution is -0.305. The molecule has 1 amide bonds. The Balaban J connectivity index is 2.26. The van der Waals surface area contributed by atoms with Crippen LogP contribution in [0.15, 0.2) is 33.6 Å². The van der Waals surface area contributed by atoms with Gasteiger partial charge in [0.05, 0.1) is 4.91 Å². The molecule has 2 rings (SSSR count). The number of amides is 1. The van der Waals surface area contributed by atoms with E-state index in [4.69, 9.17) is 12.2 Å². The molecule has 0 N–H and O–H groups in total. The number of thioether (sulfide) groups is 1. The molecule has 1 aromatic carbocycles. The van der Waals surface area contributed by atoms with Crippen LogP contribution in [0.1, 0.15) is 18.9 Å². The maximum atomic E-state index is 12.3. The third-order valence-corrected chi connectivity index (χ3v) is 5.09. The molecule has 1 fully saturated rings. The fourth-order valence-electron chi connectivity index (χ4n) is 1.86. The van der Waals surface area contributed by atoms with Crippen LogP contribution in [0.2, 0.25) is 0 Å². The number of hydrogen-bond donors (Lipinski definition) is 0. The molecule has 0 saturated carbocycles. The molecule has 1 aromatic rings. The SMILES string of the molecule is C/C(=C1\SC(=S)N(CCC(=O)[O-])C1=O)c1ccc(Br)cc1. The topological polar surface area (TPSA) is 60.4 Å². The van der Waals surface area contributed by atoms with Crippen LogP contribution in [-0.2, 0) is 9.59 Å². The van der Waals surface area contributed by atoms with E-state index in [2.05, 4.69) is 15.9 Å². The van der Waals surface area contributed by atoms with Gasteiger partial charge in [0.15, 0.2) is 0 Å². The molecule has 0 atom stereocenters. The Morgan fingerprint density at radius 3 is 2.57 bits per heavy atom. The summed E-state index contributed by atoms with van der Waals surface area (Å²) >= 11 is 9.72. The molecule has 0 aliphatic carbocycles. The van der Waals surface area contributed by atoms with E-state index in [0.717, 1.165) is 15.6 Å². The Morgan fingerprint density at radius 2 is 2.00 bits per heavy atom. The van der Waals surface area contributed by atoms with Crippen molar-refractivity contribution in [3.8, 4) is 0 Å². The minimum atomic E-state index is -1.20. The summed E-state index contributed by atoms with van der Waals surface area (Å²) < 4.78 is 1.34. The standard InChI is InChI=1S/C14H12BrNO3S2/c1-8(9-2-4-10(15)5-3-9)12-13(19)16(14(20)21-12)7-6-11(17)18/h2-5H,6-7H2,1H3,(H,17,18)/p-1/b12-8+. The Morgan fingerprint density at radius 1 is 1.38 bits per heavy atom. The number of aliphatic carboxylic acids is 1. The predicted molar refractivity (Wildman–Crippen MR) is 88.3 cm³/mol. The first kappa shape index (κ1) is 16.2. The van der Waals surface area contributed by atoms with Crippen LogP contribution >= 0.6 is 39.9 Å². The van der Waals surface area contributed by atoms with Gasteiger partial charge in [0.25, 0.3) is 5.91 Å². The summed E-state index contributed by atoms with van der Waals surface area (Å²) in [6.07, 6.45) is -0.225. The number of carbonyl (C=O) groups excluding carboxylic acids is 2. The van der Waals surface area contributed by atoms with Gasteiger partial charge in [0.2, 0.25) is 0 Å². The van der Waals surface area contributed by atoms with Crippen LogP contribution in [0.25, 0.3) is 5.57 Å². The molecular weight excluding hydrogens is 374 g/mol. The van der Waals surface area contributed by atoms with Crippen LogP contribution in [0.3, 0.4) is 0 Å². The highest BCUT2D eigenvalue weighted by atomic mass is 79.9. The lowest BCUT2D eigenvalue weighted by Crippen LogP contribution is -2.33. The molecule has 0 radical (unpaired) electrons. The second-order valence-corrected chi connectivity index (χ2v) is 6.97. The van der Waals surface area contributed by atoms with Crippen molar-refractivity contribution in [1.29, 1.82) is 0 Å². The summed E-state index contributed by atoms with van der Waals surface area (Å²) in [6.45, 7) is 1.90. The average Bonchev–Trinajstić information content (AvgIpc) is 2.72. The molecule has 0 unspecified atom stereocenters. The maximum absolute atomic E-state index is 12.3. The van der Waals surface area contributed by atoms with E-state index in [9.17, 15) is 14.7 Å². The van der Waals surface area contributed by atoms with Gasteiger partial charge in [-0.3, -0.25) is 9.69 Å². The Labute approximate surface area is 140 Å².